The van der Waals surface area contributed by atoms with Crippen LogP contribution in [0.3, 0.4) is 0 Å². The molecule has 3 rings (SSSR count). The number of benzene rings is 1. The average molecular weight is 422 g/mol. The largest absolute Gasteiger partial charge is 0.338 e. The van der Waals surface area contributed by atoms with Crippen LogP contribution >= 0.6 is 11.8 Å². The first kappa shape index (κ1) is 20.9. The summed E-state index contributed by atoms with van der Waals surface area (Å²) < 4.78 is 25.7. The summed E-state index contributed by atoms with van der Waals surface area (Å²) in [5, 5.41) is 0.758. The van der Waals surface area contributed by atoms with Gasteiger partial charge in [-0.15, -0.1) is 0 Å². The minimum Gasteiger partial charge on any atom is -0.338 e. The van der Waals surface area contributed by atoms with E-state index in [1.165, 1.54) is 11.8 Å². The van der Waals surface area contributed by atoms with Crippen LogP contribution in [0.15, 0.2) is 41.8 Å². The molecule has 8 heteroatoms. The summed E-state index contributed by atoms with van der Waals surface area (Å²) in [5.41, 5.74) is 2.17. The molecule has 0 saturated carbocycles. The Labute approximate surface area is 171 Å². The van der Waals surface area contributed by atoms with E-state index in [9.17, 15) is 13.2 Å². The lowest BCUT2D eigenvalue weighted by atomic mass is 10.2. The van der Waals surface area contributed by atoms with Gasteiger partial charge < -0.3 is 4.90 Å². The van der Waals surface area contributed by atoms with Crippen LogP contribution in [-0.2, 0) is 14.6 Å². The Morgan fingerprint density at radius 1 is 1.39 bits per heavy atom. The van der Waals surface area contributed by atoms with Crippen molar-refractivity contribution in [3.05, 3.63) is 42.2 Å². The molecule has 1 saturated heterocycles. The summed E-state index contributed by atoms with van der Waals surface area (Å²) in [6.45, 7) is 4.72. The van der Waals surface area contributed by atoms with E-state index < -0.39 is 9.84 Å². The highest BCUT2D eigenvalue weighted by Gasteiger charge is 2.34. The predicted octanol–water partition coefficient (Wildman–Crippen LogP) is 3.09. The van der Waals surface area contributed by atoms with E-state index in [4.69, 9.17) is 0 Å². The molecule has 6 nitrogen and oxygen atoms in total. The lowest BCUT2D eigenvalue weighted by Gasteiger charge is -2.28. The molecule has 2 aromatic rings. The third kappa shape index (κ3) is 5.17. The molecule has 1 aliphatic heterocycles. The van der Waals surface area contributed by atoms with E-state index in [1.807, 2.05) is 35.9 Å². The van der Waals surface area contributed by atoms with Crippen molar-refractivity contribution in [1.82, 2.24) is 14.5 Å². The van der Waals surface area contributed by atoms with Gasteiger partial charge in [-0.1, -0.05) is 37.2 Å². The number of sulfone groups is 1. The Morgan fingerprint density at radius 3 is 2.89 bits per heavy atom. The molecule has 1 aromatic heterocycles. The molecule has 2 heterocycles. The first-order chi connectivity index (χ1) is 13.4. The Morgan fingerprint density at radius 2 is 2.21 bits per heavy atom. The second kappa shape index (κ2) is 9.13. The Kier molecular flexibility index (Phi) is 6.82. The first-order valence-corrected chi connectivity index (χ1v) is 12.4. The van der Waals surface area contributed by atoms with Gasteiger partial charge in [0.05, 0.1) is 17.3 Å². The number of rotatable bonds is 8. The fourth-order valence-electron chi connectivity index (χ4n) is 3.44. The van der Waals surface area contributed by atoms with E-state index in [0.29, 0.717) is 13.0 Å². The lowest BCUT2D eigenvalue weighted by Crippen LogP contribution is -2.42. The van der Waals surface area contributed by atoms with E-state index >= 15 is 0 Å². The van der Waals surface area contributed by atoms with Crippen LogP contribution in [-0.4, -0.2) is 58.6 Å². The van der Waals surface area contributed by atoms with Crippen molar-refractivity contribution in [3.8, 4) is 5.69 Å². The van der Waals surface area contributed by atoms with Crippen molar-refractivity contribution in [1.29, 1.82) is 0 Å². The van der Waals surface area contributed by atoms with Crippen LogP contribution in [0.1, 0.15) is 31.7 Å². The molecule has 1 atom stereocenters. The van der Waals surface area contributed by atoms with E-state index in [2.05, 4.69) is 18.0 Å². The van der Waals surface area contributed by atoms with Gasteiger partial charge in [0.1, 0.15) is 0 Å². The highest BCUT2D eigenvalue weighted by molar-refractivity contribution is 7.99. The normalized spacial score (nSPS) is 18.3. The summed E-state index contributed by atoms with van der Waals surface area (Å²) in [5.74, 6) is 0.506. The van der Waals surface area contributed by atoms with E-state index in [1.54, 1.807) is 11.1 Å². The van der Waals surface area contributed by atoms with Gasteiger partial charge in [-0.3, -0.25) is 9.36 Å². The predicted molar refractivity (Wildman–Crippen MR) is 113 cm³/mol. The quantitative estimate of drug-likeness (QED) is 0.613. The molecule has 28 heavy (non-hydrogen) atoms. The molecule has 0 spiro atoms. The van der Waals surface area contributed by atoms with Crippen LogP contribution in [0.25, 0.3) is 5.69 Å². The van der Waals surface area contributed by atoms with Crippen molar-refractivity contribution >= 4 is 27.5 Å². The molecule has 1 amide bonds. The van der Waals surface area contributed by atoms with Crippen LogP contribution < -0.4 is 0 Å². The molecule has 152 valence electrons. The summed E-state index contributed by atoms with van der Waals surface area (Å²) in [4.78, 5) is 19.1. The fourth-order valence-corrected chi connectivity index (χ4v) is 6.03. The zero-order chi connectivity index (χ0) is 20.1. The molecular formula is C20H27N3O3S2. The SMILES string of the molecule is CCCCN(C(=O)CSc1nccn1-c1cccc(C)c1)[C@H]1CCS(=O)(=O)C1. The van der Waals surface area contributed by atoms with Crippen LogP contribution in [0.2, 0.25) is 0 Å². The van der Waals surface area contributed by atoms with Gasteiger partial charge in [0, 0.05) is 30.7 Å². The summed E-state index contributed by atoms with van der Waals surface area (Å²) in [7, 11) is -3.02. The Hall–Kier alpha value is -1.80. The minimum absolute atomic E-state index is 0.0145. The third-order valence-electron chi connectivity index (χ3n) is 4.93. The first-order valence-electron chi connectivity index (χ1n) is 9.62. The number of unbranched alkanes of at least 4 members (excludes halogenated alkanes) is 1. The summed E-state index contributed by atoms with van der Waals surface area (Å²) in [6, 6.07) is 7.93. The molecular weight excluding hydrogens is 394 g/mol. The van der Waals surface area contributed by atoms with E-state index in [-0.39, 0.29) is 29.2 Å². The topological polar surface area (TPSA) is 72.3 Å². The number of nitrogens with zero attached hydrogens (tertiary/aromatic N) is 3. The molecule has 1 aliphatic rings. The molecule has 1 fully saturated rings. The monoisotopic (exact) mass is 421 g/mol. The van der Waals surface area contributed by atoms with Crippen molar-refractivity contribution in [3.63, 3.8) is 0 Å². The number of carbonyl (C=O) groups is 1. The second-order valence-corrected chi connectivity index (χ2v) is 10.4. The van der Waals surface area contributed by atoms with Crippen molar-refractivity contribution in [2.45, 2.75) is 44.3 Å². The zero-order valence-corrected chi connectivity index (χ0v) is 18.0. The van der Waals surface area contributed by atoms with Gasteiger partial charge in [0.25, 0.3) is 0 Å². The number of imidazole rings is 1. The Bertz CT molecular complexity index is 924. The van der Waals surface area contributed by atoms with Crippen LogP contribution in [0, 0.1) is 6.92 Å². The molecule has 0 bridgehead atoms. The van der Waals surface area contributed by atoms with Crippen LogP contribution in [0.4, 0.5) is 0 Å². The molecule has 0 N–H and O–H groups in total. The highest BCUT2D eigenvalue weighted by atomic mass is 32.2. The van der Waals surface area contributed by atoms with E-state index in [0.717, 1.165) is 29.2 Å². The molecule has 0 radical (unpaired) electrons. The van der Waals surface area contributed by atoms with Crippen molar-refractivity contribution in [2.75, 3.05) is 23.8 Å². The number of carbonyl (C=O) groups excluding carboxylic acids is 1. The molecule has 0 unspecified atom stereocenters. The van der Waals surface area contributed by atoms with Gasteiger partial charge >= 0.3 is 0 Å². The van der Waals surface area contributed by atoms with Gasteiger partial charge in [0.2, 0.25) is 5.91 Å². The fraction of sp³-hybridized carbons (Fsp3) is 0.500. The molecule has 1 aromatic carbocycles. The smallest absolute Gasteiger partial charge is 0.233 e. The van der Waals surface area contributed by atoms with Gasteiger partial charge in [-0.25, -0.2) is 13.4 Å². The maximum absolute atomic E-state index is 12.9. The van der Waals surface area contributed by atoms with Crippen molar-refractivity contribution < 1.29 is 13.2 Å². The number of hydrogen-bond donors (Lipinski definition) is 0. The number of aromatic nitrogens is 2. The third-order valence-corrected chi connectivity index (χ3v) is 7.64. The number of aryl methyl sites for hydroxylation is 1. The summed E-state index contributed by atoms with van der Waals surface area (Å²) in [6.07, 6.45) is 6.01. The standard InChI is InChI=1S/C20H27N3O3S2/c1-3-4-10-22(18-8-12-28(25,26)15-18)19(24)14-27-20-21-9-11-23(20)17-7-5-6-16(2)13-17/h5-7,9,11,13,18H,3-4,8,10,12,14-15H2,1-2H3/t18-/m0/s1. The van der Waals surface area contributed by atoms with Gasteiger partial charge in [-0.05, 0) is 37.5 Å². The van der Waals surface area contributed by atoms with Crippen molar-refractivity contribution in [2.24, 2.45) is 0 Å². The number of thioether (sulfide) groups is 1. The number of amides is 1. The average Bonchev–Trinajstić information content (AvgIpc) is 3.26. The maximum atomic E-state index is 12.9. The summed E-state index contributed by atoms with van der Waals surface area (Å²) >= 11 is 1.39. The minimum atomic E-state index is -3.02. The number of hydrogen-bond acceptors (Lipinski definition) is 5. The zero-order valence-electron chi connectivity index (χ0n) is 16.4. The molecule has 0 aliphatic carbocycles. The Balaban J connectivity index is 1.69. The second-order valence-electron chi connectivity index (χ2n) is 7.21. The highest BCUT2D eigenvalue weighted by Crippen LogP contribution is 2.24. The van der Waals surface area contributed by atoms with Crippen LogP contribution in [0.5, 0.6) is 0 Å². The van der Waals surface area contributed by atoms with Gasteiger partial charge in [0.15, 0.2) is 15.0 Å². The maximum Gasteiger partial charge on any atom is 0.233 e. The lowest BCUT2D eigenvalue weighted by molar-refractivity contribution is -0.130. The van der Waals surface area contributed by atoms with Gasteiger partial charge in [-0.2, -0.15) is 0 Å².